The molecule has 2 atom stereocenters. The van der Waals surface area contributed by atoms with Crippen molar-refractivity contribution in [1.82, 2.24) is 9.80 Å². The Bertz CT molecular complexity index is 910. The lowest BCUT2D eigenvalue weighted by Crippen LogP contribution is -2.45. The molecular weight excluding hydrogens is 472 g/mol. The minimum absolute atomic E-state index is 0.0404. The number of amides is 2. The average molecular weight is 521 g/mol. The molecule has 0 N–H and O–H groups in total. The second-order valence-corrected chi connectivity index (χ2v) is 18.2. The van der Waals surface area contributed by atoms with Gasteiger partial charge in [-0.15, -0.1) is 0 Å². The summed E-state index contributed by atoms with van der Waals surface area (Å²) in [6.45, 7) is 23.3. The van der Waals surface area contributed by atoms with Gasteiger partial charge in [-0.25, -0.2) is 9.59 Å². The van der Waals surface area contributed by atoms with Crippen LogP contribution < -0.4 is 0 Å². The smallest absolute Gasteiger partial charge is 0.410 e. The Morgan fingerprint density at radius 1 is 0.944 bits per heavy atom. The van der Waals surface area contributed by atoms with E-state index in [1.54, 1.807) is 11.9 Å². The maximum Gasteiger partial charge on any atom is 0.410 e. The van der Waals surface area contributed by atoms with Gasteiger partial charge in [0.25, 0.3) is 0 Å². The van der Waals surface area contributed by atoms with Crippen LogP contribution in [0, 0.1) is 0 Å². The first-order valence-electron chi connectivity index (χ1n) is 12.9. The Morgan fingerprint density at radius 3 is 1.94 bits per heavy atom. The van der Waals surface area contributed by atoms with Crippen LogP contribution >= 0.6 is 0 Å². The van der Waals surface area contributed by atoms with Gasteiger partial charge in [-0.2, -0.15) is 0 Å². The zero-order valence-electron chi connectivity index (χ0n) is 24.5. The summed E-state index contributed by atoms with van der Waals surface area (Å²) in [6.07, 6.45) is 0.0103. The van der Waals surface area contributed by atoms with Crippen LogP contribution in [0.15, 0.2) is 24.3 Å². The SMILES string of the molecule is CN(Cc1ccc([C@@H]2C[C@@H](O[Si](C)(C)C(C)(C)C)CN2C(=O)OC(C)(C)C)cc1)C(=O)OC(C)(C)C. The highest BCUT2D eigenvalue weighted by atomic mass is 28.4. The Balaban J connectivity index is 2.21. The van der Waals surface area contributed by atoms with Crippen LogP contribution in [0.3, 0.4) is 0 Å². The van der Waals surface area contributed by atoms with Crippen LogP contribution in [0.5, 0.6) is 0 Å². The van der Waals surface area contributed by atoms with Crippen molar-refractivity contribution in [2.45, 2.75) is 117 Å². The molecule has 1 aliphatic rings. The molecule has 1 aromatic carbocycles. The molecule has 0 aromatic heterocycles. The van der Waals surface area contributed by atoms with Gasteiger partial charge in [-0.05, 0) is 77.2 Å². The fraction of sp³-hybridized carbons (Fsp3) is 0.714. The summed E-state index contributed by atoms with van der Waals surface area (Å²) >= 11 is 0. The summed E-state index contributed by atoms with van der Waals surface area (Å²) in [5.41, 5.74) is 0.913. The third kappa shape index (κ3) is 8.51. The topological polar surface area (TPSA) is 68.3 Å². The van der Waals surface area contributed by atoms with Gasteiger partial charge in [0.1, 0.15) is 11.2 Å². The Hall–Kier alpha value is -2.06. The van der Waals surface area contributed by atoms with E-state index in [0.717, 1.165) is 17.5 Å². The highest BCUT2D eigenvalue weighted by molar-refractivity contribution is 6.74. The number of ether oxygens (including phenoxy) is 2. The molecule has 0 unspecified atom stereocenters. The Kier molecular flexibility index (Phi) is 9.00. The van der Waals surface area contributed by atoms with Crippen molar-refractivity contribution in [2.24, 2.45) is 0 Å². The molecule has 1 heterocycles. The summed E-state index contributed by atoms with van der Waals surface area (Å²) < 4.78 is 17.9. The van der Waals surface area contributed by atoms with Crippen LogP contribution in [0.2, 0.25) is 18.1 Å². The number of hydrogen-bond acceptors (Lipinski definition) is 5. The van der Waals surface area contributed by atoms with E-state index in [9.17, 15) is 9.59 Å². The third-order valence-electron chi connectivity index (χ3n) is 6.65. The molecule has 1 saturated heterocycles. The zero-order chi connectivity index (χ0) is 27.7. The van der Waals surface area contributed by atoms with Gasteiger partial charge in [0, 0.05) is 20.1 Å². The molecule has 0 bridgehead atoms. The van der Waals surface area contributed by atoms with Crippen molar-refractivity contribution in [3.63, 3.8) is 0 Å². The van der Waals surface area contributed by atoms with E-state index in [2.05, 4.69) is 33.9 Å². The van der Waals surface area contributed by atoms with Gasteiger partial charge in [-0.3, -0.25) is 4.90 Å². The van der Waals surface area contributed by atoms with E-state index in [1.165, 1.54) is 0 Å². The number of likely N-dealkylation sites (tertiary alicyclic amines) is 1. The molecule has 1 aromatic rings. The molecule has 8 heteroatoms. The normalized spacial score (nSPS) is 19.3. The molecule has 1 fully saturated rings. The number of hydrogen-bond donors (Lipinski definition) is 0. The van der Waals surface area contributed by atoms with E-state index in [1.807, 2.05) is 70.7 Å². The van der Waals surface area contributed by atoms with Gasteiger partial charge in [0.2, 0.25) is 0 Å². The molecule has 2 amide bonds. The summed E-state index contributed by atoms with van der Waals surface area (Å²) in [4.78, 5) is 28.9. The first-order chi connectivity index (χ1) is 16.2. The number of carbonyl (C=O) groups is 2. The summed E-state index contributed by atoms with van der Waals surface area (Å²) in [5.74, 6) is 0. The van der Waals surface area contributed by atoms with Gasteiger partial charge < -0.3 is 18.8 Å². The summed E-state index contributed by atoms with van der Waals surface area (Å²) in [7, 11) is -0.267. The van der Waals surface area contributed by atoms with Gasteiger partial charge >= 0.3 is 12.2 Å². The molecule has 1 aliphatic heterocycles. The molecule has 36 heavy (non-hydrogen) atoms. The van der Waals surface area contributed by atoms with Crippen LogP contribution in [0.4, 0.5) is 9.59 Å². The summed E-state index contributed by atoms with van der Waals surface area (Å²) in [6, 6.07) is 7.95. The van der Waals surface area contributed by atoms with Crippen LogP contribution in [0.1, 0.15) is 85.9 Å². The van der Waals surface area contributed by atoms with Crippen molar-refractivity contribution in [2.75, 3.05) is 13.6 Å². The average Bonchev–Trinajstić information content (AvgIpc) is 3.08. The van der Waals surface area contributed by atoms with Crippen molar-refractivity contribution >= 4 is 20.5 Å². The minimum Gasteiger partial charge on any atom is -0.444 e. The molecule has 2 rings (SSSR count). The molecule has 0 aliphatic carbocycles. The quantitative estimate of drug-likeness (QED) is 0.386. The fourth-order valence-electron chi connectivity index (χ4n) is 3.84. The molecule has 0 radical (unpaired) electrons. The number of benzene rings is 1. The highest BCUT2D eigenvalue weighted by Crippen LogP contribution is 2.41. The van der Waals surface area contributed by atoms with Crippen LogP contribution in [-0.4, -0.2) is 61.2 Å². The predicted octanol–water partition coefficient (Wildman–Crippen LogP) is 7.13. The Morgan fingerprint density at radius 2 is 1.47 bits per heavy atom. The molecule has 7 nitrogen and oxygen atoms in total. The predicted molar refractivity (Wildman–Crippen MR) is 147 cm³/mol. The number of rotatable bonds is 5. The van der Waals surface area contributed by atoms with E-state index in [4.69, 9.17) is 13.9 Å². The van der Waals surface area contributed by atoms with Gasteiger partial charge in [0.05, 0.1) is 12.1 Å². The maximum atomic E-state index is 13.2. The van der Waals surface area contributed by atoms with Crippen molar-refractivity contribution in [3.05, 3.63) is 35.4 Å². The molecule has 204 valence electrons. The lowest BCUT2D eigenvalue weighted by Gasteiger charge is -2.38. The van der Waals surface area contributed by atoms with E-state index >= 15 is 0 Å². The lowest BCUT2D eigenvalue weighted by molar-refractivity contribution is 0.0207. The maximum absolute atomic E-state index is 13.2. The second-order valence-electron chi connectivity index (χ2n) is 13.5. The van der Waals surface area contributed by atoms with E-state index in [0.29, 0.717) is 13.1 Å². The number of nitrogens with zero attached hydrogens (tertiary/aromatic N) is 2. The minimum atomic E-state index is -2.00. The highest BCUT2D eigenvalue weighted by Gasteiger charge is 2.44. The molecule has 0 spiro atoms. The van der Waals surface area contributed by atoms with Gasteiger partial charge in [0.15, 0.2) is 8.32 Å². The Labute approximate surface area is 219 Å². The first-order valence-corrected chi connectivity index (χ1v) is 15.8. The molecular formula is C28H48N2O5Si. The van der Waals surface area contributed by atoms with E-state index < -0.39 is 19.5 Å². The van der Waals surface area contributed by atoms with Gasteiger partial charge in [-0.1, -0.05) is 45.0 Å². The fourth-order valence-corrected chi connectivity index (χ4v) is 5.20. The monoisotopic (exact) mass is 520 g/mol. The lowest BCUT2D eigenvalue weighted by atomic mass is 10.0. The van der Waals surface area contributed by atoms with Crippen molar-refractivity contribution in [1.29, 1.82) is 0 Å². The third-order valence-corrected chi connectivity index (χ3v) is 11.2. The van der Waals surface area contributed by atoms with Crippen molar-refractivity contribution in [3.8, 4) is 0 Å². The number of carbonyl (C=O) groups excluding carboxylic acids is 2. The first kappa shape index (κ1) is 30.2. The van der Waals surface area contributed by atoms with Crippen molar-refractivity contribution < 1.29 is 23.5 Å². The standard InChI is InChI=1S/C28H48N2O5Si/c1-26(2,3)33-24(31)29(10)18-20-13-15-21(16-14-20)23-17-22(35-36(11,12)28(7,8)9)19-30(23)25(32)34-27(4,5)6/h13-16,22-23H,17-19H2,1-12H3/t22-,23+/m1/s1. The molecule has 0 saturated carbocycles. The van der Waals surface area contributed by atoms with Crippen LogP contribution in [0.25, 0.3) is 0 Å². The zero-order valence-corrected chi connectivity index (χ0v) is 25.5. The van der Waals surface area contributed by atoms with E-state index in [-0.39, 0.29) is 29.4 Å². The largest absolute Gasteiger partial charge is 0.444 e. The van der Waals surface area contributed by atoms with Crippen LogP contribution in [-0.2, 0) is 20.4 Å². The second kappa shape index (κ2) is 10.7. The summed E-state index contributed by atoms with van der Waals surface area (Å²) in [5, 5.41) is 0.0870.